The molecule has 0 spiro atoms. The monoisotopic (exact) mass is 947 g/mol. The Morgan fingerprint density at radius 3 is 0.776 bits per heavy atom. The van der Waals surface area contributed by atoms with Crippen LogP contribution in [0.25, 0.3) is 0 Å². The molecule has 0 radical (unpaired) electrons. The highest BCUT2D eigenvalue weighted by Gasteiger charge is 2.19. The summed E-state index contributed by atoms with van der Waals surface area (Å²) < 4.78 is 16.9. The summed E-state index contributed by atoms with van der Waals surface area (Å²) in [6.07, 6.45) is 55.3. The Balaban J connectivity index is 4.22. The molecule has 0 bridgehead atoms. The number of carbonyl (C=O) groups is 3. The minimum Gasteiger partial charge on any atom is -0.462 e. The summed E-state index contributed by atoms with van der Waals surface area (Å²) in [7, 11) is 0. The predicted octanol–water partition coefficient (Wildman–Crippen LogP) is 19.9. The highest BCUT2D eigenvalue weighted by atomic mass is 16.6. The van der Waals surface area contributed by atoms with Crippen molar-refractivity contribution < 1.29 is 28.6 Å². The third-order valence-corrected chi connectivity index (χ3v) is 14.3. The zero-order valence-electron chi connectivity index (χ0n) is 46.2. The van der Waals surface area contributed by atoms with Gasteiger partial charge in [0.05, 0.1) is 0 Å². The van der Waals surface area contributed by atoms with Gasteiger partial charge in [-0.05, 0) is 37.0 Å². The molecule has 0 rings (SSSR count). The Morgan fingerprint density at radius 1 is 0.299 bits per heavy atom. The van der Waals surface area contributed by atoms with Crippen molar-refractivity contribution in [3.8, 4) is 0 Å². The fourth-order valence-electron chi connectivity index (χ4n) is 9.32. The lowest BCUT2D eigenvalue weighted by Gasteiger charge is -2.18. The molecule has 6 heteroatoms. The molecule has 0 saturated heterocycles. The second kappa shape index (κ2) is 52.2. The SMILES string of the molecule is CCC(C)CCCCCCCCCCCCCCCCC(=O)OC[C@@H](COC(=O)CCCCCCCCCC(C)C)OC(=O)CCCCCCCCCCCCCCCCCCCCC(C)C. The van der Waals surface area contributed by atoms with Crippen LogP contribution in [0.2, 0.25) is 0 Å². The molecular weight excluding hydrogens is 829 g/mol. The number of carbonyl (C=O) groups excluding carboxylic acids is 3. The second-order valence-electron chi connectivity index (χ2n) is 22.2. The molecule has 398 valence electrons. The lowest BCUT2D eigenvalue weighted by molar-refractivity contribution is -0.167. The van der Waals surface area contributed by atoms with Crippen LogP contribution in [0, 0.1) is 17.8 Å². The van der Waals surface area contributed by atoms with Crippen LogP contribution < -0.4 is 0 Å². The topological polar surface area (TPSA) is 78.9 Å². The molecule has 2 atom stereocenters. The molecule has 0 heterocycles. The molecular formula is C61H118O6. The van der Waals surface area contributed by atoms with Gasteiger partial charge in [0.1, 0.15) is 13.2 Å². The van der Waals surface area contributed by atoms with Gasteiger partial charge in [0, 0.05) is 19.3 Å². The van der Waals surface area contributed by atoms with Crippen molar-refractivity contribution in [2.45, 2.75) is 343 Å². The van der Waals surface area contributed by atoms with Gasteiger partial charge in [-0.15, -0.1) is 0 Å². The molecule has 0 aliphatic carbocycles. The predicted molar refractivity (Wildman–Crippen MR) is 289 cm³/mol. The van der Waals surface area contributed by atoms with Crippen LogP contribution in [0.1, 0.15) is 337 Å². The molecule has 0 aliphatic heterocycles. The zero-order chi connectivity index (χ0) is 49.1. The molecule has 0 aromatic carbocycles. The zero-order valence-corrected chi connectivity index (χ0v) is 46.2. The van der Waals surface area contributed by atoms with E-state index < -0.39 is 6.10 Å². The van der Waals surface area contributed by atoms with Crippen molar-refractivity contribution in [3.63, 3.8) is 0 Å². The lowest BCUT2D eigenvalue weighted by Crippen LogP contribution is -2.30. The first-order chi connectivity index (χ1) is 32.6. The molecule has 1 unspecified atom stereocenters. The van der Waals surface area contributed by atoms with Gasteiger partial charge in [-0.25, -0.2) is 0 Å². The van der Waals surface area contributed by atoms with Gasteiger partial charge < -0.3 is 14.2 Å². The maximum absolute atomic E-state index is 12.9. The highest BCUT2D eigenvalue weighted by Crippen LogP contribution is 2.19. The van der Waals surface area contributed by atoms with E-state index in [4.69, 9.17) is 14.2 Å². The van der Waals surface area contributed by atoms with Crippen LogP contribution in [0.3, 0.4) is 0 Å². The summed E-state index contributed by atoms with van der Waals surface area (Å²) in [6, 6.07) is 0. The smallest absolute Gasteiger partial charge is 0.306 e. The third kappa shape index (κ3) is 53.6. The van der Waals surface area contributed by atoms with E-state index in [-0.39, 0.29) is 31.1 Å². The van der Waals surface area contributed by atoms with E-state index in [1.807, 2.05) is 0 Å². The van der Waals surface area contributed by atoms with Crippen molar-refractivity contribution >= 4 is 17.9 Å². The van der Waals surface area contributed by atoms with E-state index in [2.05, 4.69) is 41.5 Å². The number of esters is 3. The minimum absolute atomic E-state index is 0.0638. The van der Waals surface area contributed by atoms with E-state index in [1.165, 1.54) is 218 Å². The number of hydrogen-bond acceptors (Lipinski definition) is 6. The van der Waals surface area contributed by atoms with Crippen molar-refractivity contribution in [3.05, 3.63) is 0 Å². The molecule has 0 saturated carbocycles. The molecule has 0 N–H and O–H groups in total. The van der Waals surface area contributed by atoms with Crippen LogP contribution >= 0.6 is 0 Å². The van der Waals surface area contributed by atoms with Crippen molar-refractivity contribution in [2.24, 2.45) is 17.8 Å². The van der Waals surface area contributed by atoms with Gasteiger partial charge in [-0.1, -0.05) is 298 Å². The summed E-state index contributed by atoms with van der Waals surface area (Å²) in [6.45, 7) is 13.8. The first-order valence-corrected chi connectivity index (χ1v) is 30.1. The van der Waals surface area contributed by atoms with Gasteiger partial charge in [-0.2, -0.15) is 0 Å². The Hall–Kier alpha value is -1.59. The van der Waals surface area contributed by atoms with Gasteiger partial charge >= 0.3 is 17.9 Å². The molecule has 0 aromatic heterocycles. The van der Waals surface area contributed by atoms with E-state index in [0.717, 1.165) is 75.5 Å². The van der Waals surface area contributed by atoms with E-state index in [0.29, 0.717) is 19.3 Å². The molecule has 0 aromatic rings. The number of hydrogen-bond donors (Lipinski definition) is 0. The third-order valence-electron chi connectivity index (χ3n) is 14.3. The summed E-state index contributed by atoms with van der Waals surface area (Å²) in [5, 5.41) is 0. The highest BCUT2D eigenvalue weighted by molar-refractivity contribution is 5.71. The van der Waals surface area contributed by atoms with E-state index in [9.17, 15) is 14.4 Å². The summed E-state index contributed by atoms with van der Waals surface area (Å²) in [5.41, 5.74) is 0. The normalized spacial score (nSPS) is 12.5. The van der Waals surface area contributed by atoms with Crippen LogP contribution in [-0.4, -0.2) is 37.2 Å². The van der Waals surface area contributed by atoms with Crippen molar-refractivity contribution in [2.75, 3.05) is 13.2 Å². The summed E-state index contributed by atoms with van der Waals surface area (Å²) >= 11 is 0. The quantitative estimate of drug-likeness (QED) is 0.0343. The van der Waals surface area contributed by atoms with Crippen LogP contribution in [0.4, 0.5) is 0 Å². The van der Waals surface area contributed by atoms with Crippen LogP contribution in [0.5, 0.6) is 0 Å². The maximum atomic E-state index is 12.9. The molecule has 0 aliphatic rings. The fourth-order valence-corrected chi connectivity index (χ4v) is 9.32. The number of unbranched alkanes of at least 4 members (excludes halogenated alkanes) is 36. The Bertz CT molecular complexity index is 1040. The Kier molecular flexibility index (Phi) is 51.0. The standard InChI is InChI=1S/C61H118O6/c1-7-57(6)49-43-37-31-25-21-17-14-15-18-22-26-32-38-44-50-59(62)65-53-58(54-66-60(63)51-45-39-34-28-30-36-42-48-56(4)5)67-61(64)52-46-40-33-27-23-19-13-11-9-8-10-12-16-20-24-29-35-41-47-55(2)3/h55-58H,7-54H2,1-6H3/t57?,58-/m0/s1. The molecule has 0 amide bonds. The average molecular weight is 948 g/mol. The van der Waals surface area contributed by atoms with Gasteiger partial charge in [0.15, 0.2) is 6.10 Å². The summed E-state index contributed by atoms with van der Waals surface area (Å²) in [5.74, 6) is 1.69. The van der Waals surface area contributed by atoms with Crippen molar-refractivity contribution in [1.82, 2.24) is 0 Å². The Morgan fingerprint density at radius 2 is 0.522 bits per heavy atom. The average Bonchev–Trinajstić information content (AvgIpc) is 3.30. The maximum Gasteiger partial charge on any atom is 0.306 e. The number of ether oxygens (including phenoxy) is 3. The van der Waals surface area contributed by atoms with Crippen LogP contribution in [0.15, 0.2) is 0 Å². The van der Waals surface area contributed by atoms with Crippen molar-refractivity contribution in [1.29, 1.82) is 0 Å². The first kappa shape index (κ1) is 65.4. The molecule has 6 nitrogen and oxygen atoms in total. The van der Waals surface area contributed by atoms with Crippen LogP contribution in [-0.2, 0) is 28.6 Å². The largest absolute Gasteiger partial charge is 0.462 e. The van der Waals surface area contributed by atoms with Gasteiger partial charge in [-0.3, -0.25) is 14.4 Å². The molecule has 67 heavy (non-hydrogen) atoms. The Labute approximate surface area is 418 Å². The van der Waals surface area contributed by atoms with Gasteiger partial charge in [0.2, 0.25) is 0 Å². The minimum atomic E-state index is -0.764. The van der Waals surface area contributed by atoms with E-state index in [1.54, 1.807) is 0 Å². The molecule has 0 fully saturated rings. The first-order valence-electron chi connectivity index (χ1n) is 30.1. The second-order valence-corrected chi connectivity index (χ2v) is 22.2. The summed E-state index contributed by atoms with van der Waals surface area (Å²) in [4.78, 5) is 38.1. The fraction of sp³-hybridized carbons (Fsp3) is 0.951. The van der Waals surface area contributed by atoms with Gasteiger partial charge in [0.25, 0.3) is 0 Å². The lowest BCUT2D eigenvalue weighted by atomic mass is 9.99. The number of rotatable bonds is 54. The van der Waals surface area contributed by atoms with E-state index >= 15 is 0 Å².